The van der Waals surface area contributed by atoms with Crippen LogP contribution < -0.4 is 5.56 Å². The summed E-state index contributed by atoms with van der Waals surface area (Å²) in [4.78, 5) is 23.0. The smallest absolute Gasteiger partial charge is 0.265 e. The molecule has 0 saturated carbocycles. The molecule has 0 fully saturated rings. The molecule has 3 heteroatoms. The highest BCUT2D eigenvalue weighted by atomic mass is 16.1. The Morgan fingerprint density at radius 1 is 1.53 bits per heavy atom. The van der Waals surface area contributed by atoms with E-state index in [0.717, 1.165) is 0 Å². The Morgan fingerprint density at radius 3 is 2.67 bits per heavy atom. The van der Waals surface area contributed by atoms with Gasteiger partial charge in [-0.05, 0) is 32.1 Å². The molecule has 0 atom stereocenters. The molecule has 0 radical (unpaired) electrons. The first-order valence-corrected chi connectivity index (χ1v) is 4.63. The van der Waals surface area contributed by atoms with Gasteiger partial charge in [0.15, 0.2) is 5.78 Å². The number of allylic oxidation sites excluding steroid dienone is 3. The summed E-state index contributed by atoms with van der Waals surface area (Å²) in [5.74, 6) is -0.228. The summed E-state index contributed by atoms with van der Waals surface area (Å²) in [6.45, 7) is 6.80. The molecule has 0 amide bonds. The van der Waals surface area contributed by atoms with Crippen LogP contribution in [-0.2, 0) is 0 Å². The van der Waals surface area contributed by atoms with Gasteiger partial charge in [0.05, 0.1) is 5.56 Å². The molecule has 0 aliphatic heterocycles. The molecule has 1 heterocycles. The molecule has 0 saturated heterocycles. The van der Waals surface area contributed by atoms with E-state index in [1.165, 1.54) is 17.6 Å². The zero-order valence-corrected chi connectivity index (χ0v) is 8.86. The number of rotatable bonds is 3. The maximum atomic E-state index is 11.8. The van der Waals surface area contributed by atoms with Crippen LogP contribution >= 0.6 is 0 Å². The number of aromatic nitrogens is 1. The summed E-state index contributed by atoms with van der Waals surface area (Å²) in [7, 11) is 0. The third-order valence-corrected chi connectivity index (χ3v) is 2.11. The average Bonchev–Trinajstić information content (AvgIpc) is 2.21. The van der Waals surface area contributed by atoms with Gasteiger partial charge in [-0.1, -0.05) is 12.7 Å². The summed E-state index contributed by atoms with van der Waals surface area (Å²) in [6.07, 6.45) is 4.95. The fourth-order valence-electron chi connectivity index (χ4n) is 1.32. The summed E-state index contributed by atoms with van der Waals surface area (Å²) < 4.78 is 1.41. The third kappa shape index (κ3) is 2.13. The van der Waals surface area contributed by atoms with E-state index in [-0.39, 0.29) is 16.9 Å². The van der Waals surface area contributed by atoms with E-state index < -0.39 is 0 Å². The molecule has 0 N–H and O–H groups in total. The SMILES string of the molecule is C=C/C(=C\C)n1cccc(C(C)=O)c1=O. The third-order valence-electron chi connectivity index (χ3n) is 2.11. The van der Waals surface area contributed by atoms with Gasteiger partial charge in [-0.15, -0.1) is 0 Å². The van der Waals surface area contributed by atoms with Gasteiger partial charge < -0.3 is 0 Å². The molecule has 0 spiro atoms. The van der Waals surface area contributed by atoms with Crippen LogP contribution in [0.3, 0.4) is 0 Å². The lowest BCUT2D eigenvalue weighted by Crippen LogP contribution is -2.23. The minimum Gasteiger partial charge on any atom is -0.294 e. The van der Waals surface area contributed by atoms with Crippen molar-refractivity contribution in [3.63, 3.8) is 0 Å². The van der Waals surface area contributed by atoms with Crippen LogP contribution in [0.15, 0.2) is 41.9 Å². The number of hydrogen-bond donors (Lipinski definition) is 0. The predicted molar refractivity (Wildman–Crippen MR) is 60.9 cm³/mol. The Labute approximate surface area is 88.4 Å². The van der Waals surface area contributed by atoms with Crippen molar-refractivity contribution in [1.29, 1.82) is 0 Å². The van der Waals surface area contributed by atoms with Crippen molar-refractivity contribution in [3.8, 4) is 0 Å². The quantitative estimate of drug-likeness (QED) is 0.557. The van der Waals surface area contributed by atoms with Crippen molar-refractivity contribution < 1.29 is 4.79 Å². The van der Waals surface area contributed by atoms with E-state index in [2.05, 4.69) is 6.58 Å². The van der Waals surface area contributed by atoms with Crippen molar-refractivity contribution in [1.82, 2.24) is 4.57 Å². The van der Waals surface area contributed by atoms with Crippen molar-refractivity contribution in [3.05, 3.63) is 53.0 Å². The molecule has 0 aromatic carbocycles. The maximum Gasteiger partial charge on any atom is 0.265 e. The highest BCUT2D eigenvalue weighted by Gasteiger charge is 2.07. The number of Topliss-reactive ketones (excluding diaryl/α,β-unsaturated/α-hetero) is 1. The van der Waals surface area contributed by atoms with Gasteiger partial charge in [-0.3, -0.25) is 14.2 Å². The molecule has 1 aromatic heterocycles. The number of carbonyl (C=O) groups is 1. The maximum absolute atomic E-state index is 11.8. The van der Waals surface area contributed by atoms with Crippen LogP contribution in [0.25, 0.3) is 5.70 Å². The van der Waals surface area contributed by atoms with Crippen molar-refractivity contribution in [2.24, 2.45) is 0 Å². The fourth-order valence-corrected chi connectivity index (χ4v) is 1.32. The molecule has 0 aliphatic carbocycles. The molecular formula is C12H13NO2. The molecule has 78 valence electrons. The van der Waals surface area contributed by atoms with Gasteiger partial charge in [0.2, 0.25) is 0 Å². The van der Waals surface area contributed by atoms with Crippen LogP contribution in [0.5, 0.6) is 0 Å². The van der Waals surface area contributed by atoms with Gasteiger partial charge in [-0.2, -0.15) is 0 Å². The Bertz CT molecular complexity index is 481. The lowest BCUT2D eigenvalue weighted by atomic mass is 10.2. The van der Waals surface area contributed by atoms with Gasteiger partial charge in [-0.25, -0.2) is 0 Å². The van der Waals surface area contributed by atoms with E-state index in [9.17, 15) is 9.59 Å². The number of nitrogens with zero attached hydrogens (tertiary/aromatic N) is 1. The molecule has 0 unspecified atom stereocenters. The Kier molecular flexibility index (Phi) is 3.39. The van der Waals surface area contributed by atoms with Crippen molar-refractivity contribution in [2.45, 2.75) is 13.8 Å². The fraction of sp³-hybridized carbons (Fsp3) is 0.167. The van der Waals surface area contributed by atoms with Gasteiger partial charge in [0, 0.05) is 11.9 Å². The zero-order chi connectivity index (χ0) is 11.4. The normalized spacial score (nSPS) is 11.2. The summed E-state index contributed by atoms with van der Waals surface area (Å²) in [6, 6.07) is 3.20. The first-order chi connectivity index (χ1) is 7.11. The van der Waals surface area contributed by atoms with E-state index in [0.29, 0.717) is 5.70 Å². The van der Waals surface area contributed by atoms with Gasteiger partial charge in [0.25, 0.3) is 5.56 Å². The highest BCUT2D eigenvalue weighted by molar-refractivity contribution is 5.93. The summed E-state index contributed by atoms with van der Waals surface area (Å²) in [5, 5.41) is 0. The standard InChI is InChI=1S/C12H13NO2/c1-4-10(5-2)13-8-6-7-11(9(3)14)12(13)15/h4-8H,1H2,2-3H3/b10-5+. The lowest BCUT2D eigenvalue weighted by molar-refractivity contribution is 0.101. The molecular weight excluding hydrogens is 190 g/mol. The highest BCUT2D eigenvalue weighted by Crippen LogP contribution is 2.03. The van der Waals surface area contributed by atoms with Gasteiger partial charge >= 0.3 is 0 Å². The second-order valence-electron chi connectivity index (χ2n) is 3.07. The van der Waals surface area contributed by atoms with Crippen LogP contribution in [0, 0.1) is 0 Å². The molecule has 3 nitrogen and oxygen atoms in total. The van der Waals surface area contributed by atoms with Crippen molar-refractivity contribution >= 4 is 11.5 Å². The summed E-state index contributed by atoms with van der Waals surface area (Å²) in [5.41, 5.74) is 0.555. The first-order valence-electron chi connectivity index (χ1n) is 4.63. The number of ketones is 1. The predicted octanol–water partition coefficient (Wildman–Crippen LogP) is 2.10. The number of hydrogen-bond acceptors (Lipinski definition) is 2. The van der Waals surface area contributed by atoms with E-state index in [1.807, 2.05) is 6.92 Å². The Balaban J connectivity index is 3.46. The first kappa shape index (κ1) is 11.2. The molecule has 15 heavy (non-hydrogen) atoms. The van der Waals surface area contributed by atoms with Crippen LogP contribution in [0.4, 0.5) is 0 Å². The second-order valence-corrected chi connectivity index (χ2v) is 3.07. The molecule has 0 bridgehead atoms. The second kappa shape index (κ2) is 4.55. The number of carbonyl (C=O) groups excluding carboxylic acids is 1. The molecule has 0 aliphatic rings. The minimum atomic E-state index is -0.307. The Morgan fingerprint density at radius 2 is 2.20 bits per heavy atom. The molecule has 1 rings (SSSR count). The monoisotopic (exact) mass is 203 g/mol. The van der Waals surface area contributed by atoms with E-state index in [4.69, 9.17) is 0 Å². The lowest BCUT2D eigenvalue weighted by Gasteiger charge is -2.06. The number of pyridine rings is 1. The van der Waals surface area contributed by atoms with Gasteiger partial charge in [0.1, 0.15) is 0 Å². The van der Waals surface area contributed by atoms with Crippen LogP contribution in [0.2, 0.25) is 0 Å². The Hall–Kier alpha value is -1.90. The topological polar surface area (TPSA) is 39.1 Å². The summed E-state index contributed by atoms with van der Waals surface area (Å²) >= 11 is 0. The minimum absolute atomic E-state index is 0.193. The average molecular weight is 203 g/mol. The molecule has 1 aromatic rings. The largest absolute Gasteiger partial charge is 0.294 e. The van der Waals surface area contributed by atoms with E-state index >= 15 is 0 Å². The van der Waals surface area contributed by atoms with Crippen molar-refractivity contribution in [2.75, 3.05) is 0 Å². The van der Waals surface area contributed by atoms with Crippen LogP contribution in [-0.4, -0.2) is 10.4 Å². The zero-order valence-electron chi connectivity index (χ0n) is 8.86. The van der Waals surface area contributed by atoms with E-state index in [1.54, 1.807) is 24.4 Å². The van der Waals surface area contributed by atoms with Crippen LogP contribution in [0.1, 0.15) is 24.2 Å².